The predicted octanol–water partition coefficient (Wildman–Crippen LogP) is 1.61. The SMILES string of the molecule is CN1CCN(CCNC(=O)c2cccc(NC(=O)C3Cc4ccccc4O3)c2)CC1. The Balaban J connectivity index is 1.27. The molecule has 158 valence electrons. The lowest BCUT2D eigenvalue weighted by Crippen LogP contribution is -2.46. The lowest BCUT2D eigenvalue weighted by molar-refractivity contribution is -0.122. The van der Waals surface area contributed by atoms with Crippen LogP contribution >= 0.6 is 0 Å². The fourth-order valence-corrected chi connectivity index (χ4v) is 3.79. The maximum Gasteiger partial charge on any atom is 0.265 e. The Bertz CT molecular complexity index is 884. The number of amides is 2. The highest BCUT2D eigenvalue weighted by molar-refractivity contribution is 5.98. The first kappa shape index (κ1) is 20.4. The molecule has 30 heavy (non-hydrogen) atoms. The Labute approximate surface area is 177 Å². The number of fused-ring (bicyclic) bond motifs is 1. The third-order valence-electron chi connectivity index (χ3n) is 5.64. The molecule has 2 aliphatic rings. The van der Waals surface area contributed by atoms with E-state index in [0.717, 1.165) is 44.0 Å². The number of rotatable bonds is 6. The maximum atomic E-state index is 12.6. The zero-order chi connectivity index (χ0) is 20.9. The van der Waals surface area contributed by atoms with E-state index in [2.05, 4.69) is 27.5 Å². The normalized spacial score (nSPS) is 19.0. The molecular weight excluding hydrogens is 380 g/mol. The molecule has 2 aliphatic heterocycles. The molecule has 2 heterocycles. The molecule has 0 saturated carbocycles. The molecule has 1 saturated heterocycles. The van der Waals surface area contributed by atoms with Crippen molar-refractivity contribution >= 4 is 17.5 Å². The number of ether oxygens (including phenoxy) is 1. The van der Waals surface area contributed by atoms with E-state index in [-0.39, 0.29) is 11.8 Å². The van der Waals surface area contributed by atoms with Gasteiger partial charge in [-0.3, -0.25) is 14.5 Å². The Morgan fingerprint density at radius 1 is 1.07 bits per heavy atom. The summed E-state index contributed by atoms with van der Waals surface area (Å²) in [7, 11) is 2.13. The Morgan fingerprint density at radius 2 is 1.87 bits per heavy atom. The molecule has 0 aromatic heterocycles. The molecule has 2 aromatic carbocycles. The summed E-state index contributed by atoms with van der Waals surface area (Å²) in [5, 5.41) is 5.84. The second kappa shape index (κ2) is 9.28. The quantitative estimate of drug-likeness (QED) is 0.760. The fourth-order valence-electron chi connectivity index (χ4n) is 3.79. The van der Waals surface area contributed by atoms with Crippen molar-refractivity contribution in [2.45, 2.75) is 12.5 Å². The van der Waals surface area contributed by atoms with Crippen molar-refractivity contribution in [3.8, 4) is 5.75 Å². The molecule has 0 spiro atoms. The molecule has 1 fully saturated rings. The van der Waals surface area contributed by atoms with Crippen LogP contribution in [-0.2, 0) is 11.2 Å². The van der Waals surface area contributed by atoms with Gasteiger partial charge < -0.3 is 20.3 Å². The molecule has 4 rings (SSSR count). The van der Waals surface area contributed by atoms with Crippen molar-refractivity contribution in [2.75, 3.05) is 51.6 Å². The maximum absolute atomic E-state index is 12.6. The van der Waals surface area contributed by atoms with Crippen LogP contribution in [0.2, 0.25) is 0 Å². The number of para-hydroxylation sites is 1. The summed E-state index contributed by atoms with van der Waals surface area (Å²) in [6.45, 7) is 5.63. The number of anilines is 1. The highest BCUT2D eigenvalue weighted by Gasteiger charge is 2.28. The second-order valence-corrected chi connectivity index (χ2v) is 7.89. The molecule has 1 atom stereocenters. The lowest BCUT2D eigenvalue weighted by atomic mass is 10.1. The van der Waals surface area contributed by atoms with Crippen LogP contribution in [0.4, 0.5) is 5.69 Å². The summed E-state index contributed by atoms with van der Waals surface area (Å²) in [5.41, 5.74) is 2.15. The van der Waals surface area contributed by atoms with E-state index >= 15 is 0 Å². The topological polar surface area (TPSA) is 73.9 Å². The van der Waals surface area contributed by atoms with Crippen LogP contribution in [0.1, 0.15) is 15.9 Å². The number of hydrogen-bond donors (Lipinski definition) is 2. The summed E-state index contributed by atoms with van der Waals surface area (Å²) < 4.78 is 5.74. The van der Waals surface area contributed by atoms with Crippen LogP contribution in [0.3, 0.4) is 0 Å². The van der Waals surface area contributed by atoms with Gasteiger partial charge in [-0.2, -0.15) is 0 Å². The number of carbonyl (C=O) groups excluding carboxylic acids is 2. The van der Waals surface area contributed by atoms with Gasteiger partial charge in [-0.1, -0.05) is 24.3 Å². The van der Waals surface area contributed by atoms with Gasteiger partial charge in [-0.25, -0.2) is 0 Å². The monoisotopic (exact) mass is 408 g/mol. The van der Waals surface area contributed by atoms with Crippen molar-refractivity contribution in [1.29, 1.82) is 0 Å². The van der Waals surface area contributed by atoms with Gasteiger partial charge in [0, 0.05) is 56.9 Å². The van der Waals surface area contributed by atoms with Gasteiger partial charge in [0.05, 0.1) is 0 Å². The number of piperazine rings is 1. The summed E-state index contributed by atoms with van der Waals surface area (Å²) in [5.74, 6) is 0.412. The number of likely N-dealkylation sites (N-methyl/N-ethyl adjacent to an activating group) is 1. The third-order valence-corrected chi connectivity index (χ3v) is 5.64. The van der Waals surface area contributed by atoms with E-state index < -0.39 is 6.10 Å². The minimum atomic E-state index is -0.552. The Kier molecular flexibility index (Phi) is 6.30. The van der Waals surface area contributed by atoms with Crippen LogP contribution in [0, 0.1) is 0 Å². The molecule has 2 amide bonds. The van der Waals surface area contributed by atoms with E-state index in [4.69, 9.17) is 4.74 Å². The summed E-state index contributed by atoms with van der Waals surface area (Å²) in [6.07, 6.45) is -0.00227. The van der Waals surface area contributed by atoms with E-state index in [1.807, 2.05) is 24.3 Å². The second-order valence-electron chi connectivity index (χ2n) is 7.89. The van der Waals surface area contributed by atoms with Crippen molar-refractivity contribution in [1.82, 2.24) is 15.1 Å². The minimum absolute atomic E-state index is 0.134. The molecule has 2 aromatic rings. The van der Waals surface area contributed by atoms with E-state index in [1.54, 1.807) is 24.3 Å². The molecule has 1 unspecified atom stereocenters. The lowest BCUT2D eigenvalue weighted by Gasteiger charge is -2.32. The Hall–Kier alpha value is -2.90. The molecule has 0 bridgehead atoms. The molecular formula is C23H28N4O3. The number of nitrogens with zero attached hydrogens (tertiary/aromatic N) is 2. The van der Waals surface area contributed by atoms with Gasteiger partial charge >= 0.3 is 0 Å². The highest BCUT2D eigenvalue weighted by Crippen LogP contribution is 2.28. The zero-order valence-electron chi connectivity index (χ0n) is 17.3. The smallest absolute Gasteiger partial charge is 0.265 e. The third kappa shape index (κ3) is 4.98. The van der Waals surface area contributed by atoms with E-state index in [0.29, 0.717) is 24.2 Å². The van der Waals surface area contributed by atoms with Crippen LogP contribution in [0.5, 0.6) is 5.75 Å². The number of benzene rings is 2. The van der Waals surface area contributed by atoms with Crippen molar-refractivity contribution in [3.05, 3.63) is 59.7 Å². The van der Waals surface area contributed by atoms with E-state index in [9.17, 15) is 9.59 Å². The van der Waals surface area contributed by atoms with E-state index in [1.165, 1.54) is 0 Å². The van der Waals surface area contributed by atoms with Crippen LogP contribution in [-0.4, -0.2) is 74.0 Å². The summed E-state index contributed by atoms with van der Waals surface area (Å²) >= 11 is 0. The standard InChI is InChI=1S/C23H28N4O3/c1-26-11-13-27(14-12-26)10-9-24-22(28)18-6-4-7-19(15-18)25-23(29)21-16-17-5-2-3-8-20(17)30-21/h2-8,15,21H,9-14,16H2,1H3,(H,24,28)(H,25,29). The van der Waals surface area contributed by atoms with Gasteiger partial charge in [0.2, 0.25) is 0 Å². The van der Waals surface area contributed by atoms with Gasteiger partial charge in [-0.15, -0.1) is 0 Å². The number of carbonyl (C=O) groups is 2. The molecule has 0 radical (unpaired) electrons. The van der Waals surface area contributed by atoms with Gasteiger partial charge in [-0.05, 0) is 36.9 Å². The summed E-state index contributed by atoms with van der Waals surface area (Å²) in [6, 6.07) is 14.7. The molecule has 2 N–H and O–H groups in total. The van der Waals surface area contributed by atoms with Crippen molar-refractivity contribution < 1.29 is 14.3 Å². The summed E-state index contributed by atoms with van der Waals surface area (Å²) in [4.78, 5) is 29.8. The average Bonchev–Trinajstić information content (AvgIpc) is 3.20. The zero-order valence-corrected chi connectivity index (χ0v) is 17.3. The molecule has 7 nitrogen and oxygen atoms in total. The Morgan fingerprint density at radius 3 is 2.67 bits per heavy atom. The predicted molar refractivity (Wildman–Crippen MR) is 116 cm³/mol. The molecule has 7 heteroatoms. The van der Waals surface area contributed by atoms with Gasteiger partial charge in [0.15, 0.2) is 6.10 Å². The first-order chi connectivity index (χ1) is 14.6. The first-order valence-corrected chi connectivity index (χ1v) is 10.4. The average molecular weight is 409 g/mol. The van der Waals surface area contributed by atoms with Crippen molar-refractivity contribution in [2.24, 2.45) is 0 Å². The molecule has 0 aliphatic carbocycles. The first-order valence-electron chi connectivity index (χ1n) is 10.4. The van der Waals surface area contributed by atoms with Gasteiger partial charge in [0.1, 0.15) is 5.75 Å². The fraction of sp³-hybridized carbons (Fsp3) is 0.391. The number of hydrogen-bond acceptors (Lipinski definition) is 5. The van der Waals surface area contributed by atoms with Crippen LogP contribution < -0.4 is 15.4 Å². The van der Waals surface area contributed by atoms with Crippen molar-refractivity contribution in [3.63, 3.8) is 0 Å². The van der Waals surface area contributed by atoms with Crippen LogP contribution in [0.25, 0.3) is 0 Å². The largest absolute Gasteiger partial charge is 0.480 e. The van der Waals surface area contributed by atoms with Gasteiger partial charge in [0.25, 0.3) is 11.8 Å². The van der Waals surface area contributed by atoms with Crippen LogP contribution in [0.15, 0.2) is 48.5 Å². The minimum Gasteiger partial charge on any atom is -0.480 e. The number of nitrogens with one attached hydrogen (secondary N) is 2. The highest BCUT2D eigenvalue weighted by atomic mass is 16.5.